The zero-order valence-corrected chi connectivity index (χ0v) is 9.81. The van der Waals surface area contributed by atoms with E-state index in [1.54, 1.807) is 0 Å². The van der Waals surface area contributed by atoms with Crippen molar-refractivity contribution in [1.29, 1.82) is 0 Å². The van der Waals surface area contributed by atoms with E-state index in [1.165, 1.54) is 0 Å². The van der Waals surface area contributed by atoms with Gasteiger partial charge in [-0.05, 0) is 25.8 Å². The molecule has 1 saturated heterocycles. The van der Waals surface area contributed by atoms with Crippen molar-refractivity contribution in [1.82, 2.24) is 10.2 Å². The molecule has 86 valence electrons. The van der Waals surface area contributed by atoms with E-state index in [1.807, 2.05) is 0 Å². The molecule has 15 heavy (non-hydrogen) atoms. The fourth-order valence-electron chi connectivity index (χ4n) is 1.67. The van der Waals surface area contributed by atoms with Gasteiger partial charge in [0.15, 0.2) is 0 Å². The summed E-state index contributed by atoms with van der Waals surface area (Å²) in [7, 11) is 0. The highest BCUT2D eigenvalue weighted by molar-refractivity contribution is 7.80. The molecule has 0 unspecified atom stereocenters. The second-order valence-corrected chi connectivity index (χ2v) is 4.39. The summed E-state index contributed by atoms with van der Waals surface area (Å²) in [6, 6.07) is 0. The van der Waals surface area contributed by atoms with E-state index in [0.29, 0.717) is 11.4 Å². The first-order valence-corrected chi connectivity index (χ1v) is 5.86. The van der Waals surface area contributed by atoms with Gasteiger partial charge >= 0.3 is 0 Å². The number of nitrogens with one attached hydrogen (secondary N) is 1. The Labute approximate surface area is 96.2 Å². The number of rotatable bonds is 5. The first kappa shape index (κ1) is 12.4. The summed E-state index contributed by atoms with van der Waals surface area (Å²) >= 11 is 4.81. The Kier molecular flexibility index (Phi) is 5.57. The normalized spacial score (nSPS) is 18.3. The third-order valence-electron chi connectivity index (χ3n) is 2.55. The molecule has 0 radical (unpaired) electrons. The molecular formula is C10H19N3OS. The molecule has 0 aliphatic carbocycles. The zero-order valence-electron chi connectivity index (χ0n) is 9.00. The molecule has 1 fully saturated rings. The highest BCUT2D eigenvalue weighted by atomic mass is 32.1. The van der Waals surface area contributed by atoms with E-state index in [-0.39, 0.29) is 5.91 Å². The van der Waals surface area contributed by atoms with E-state index in [4.69, 9.17) is 18.0 Å². The van der Waals surface area contributed by atoms with Crippen molar-refractivity contribution in [2.45, 2.75) is 25.7 Å². The van der Waals surface area contributed by atoms with Crippen molar-refractivity contribution in [2.75, 3.05) is 26.2 Å². The fourth-order valence-corrected chi connectivity index (χ4v) is 1.82. The van der Waals surface area contributed by atoms with Gasteiger partial charge in [0.2, 0.25) is 5.91 Å². The van der Waals surface area contributed by atoms with Gasteiger partial charge in [0.1, 0.15) is 0 Å². The van der Waals surface area contributed by atoms with Crippen LogP contribution in [-0.4, -0.2) is 42.0 Å². The largest absolute Gasteiger partial charge is 0.393 e. The molecule has 1 amide bonds. The molecule has 0 spiro atoms. The monoisotopic (exact) mass is 229 g/mol. The maximum absolute atomic E-state index is 11.1. The van der Waals surface area contributed by atoms with Crippen LogP contribution >= 0.6 is 12.2 Å². The summed E-state index contributed by atoms with van der Waals surface area (Å²) in [6.45, 7) is 3.64. The Hall–Kier alpha value is -0.680. The van der Waals surface area contributed by atoms with Crippen molar-refractivity contribution < 1.29 is 4.79 Å². The van der Waals surface area contributed by atoms with Crippen LogP contribution < -0.4 is 11.1 Å². The van der Waals surface area contributed by atoms with Crippen molar-refractivity contribution in [3.63, 3.8) is 0 Å². The zero-order chi connectivity index (χ0) is 11.1. The van der Waals surface area contributed by atoms with Gasteiger partial charge in [0.05, 0.1) is 4.99 Å². The maximum atomic E-state index is 11.1. The summed E-state index contributed by atoms with van der Waals surface area (Å²) in [5, 5.41) is 2.86. The van der Waals surface area contributed by atoms with Crippen LogP contribution in [0.2, 0.25) is 0 Å². The van der Waals surface area contributed by atoms with Crippen LogP contribution in [0.1, 0.15) is 25.7 Å². The number of hydrogen-bond acceptors (Lipinski definition) is 3. The number of amides is 1. The quantitative estimate of drug-likeness (QED) is 0.524. The lowest BCUT2D eigenvalue weighted by molar-refractivity contribution is -0.120. The van der Waals surface area contributed by atoms with E-state index >= 15 is 0 Å². The number of nitrogens with zero attached hydrogens (tertiary/aromatic N) is 1. The van der Waals surface area contributed by atoms with Crippen LogP contribution in [0.4, 0.5) is 0 Å². The summed E-state index contributed by atoms with van der Waals surface area (Å²) in [5.41, 5.74) is 5.42. The van der Waals surface area contributed by atoms with Crippen LogP contribution in [0, 0.1) is 0 Å². The molecule has 0 saturated carbocycles. The van der Waals surface area contributed by atoms with Crippen LogP contribution in [0.15, 0.2) is 0 Å². The second kappa shape index (κ2) is 6.74. The van der Waals surface area contributed by atoms with Crippen molar-refractivity contribution >= 4 is 23.1 Å². The average molecular weight is 229 g/mol. The average Bonchev–Trinajstić information content (AvgIpc) is 2.38. The highest BCUT2D eigenvalue weighted by Crippen LogP contribution is 2.01. The highest BCUT2D eigenvalue weighted by Gasteiger charge is 2.12. The van der Waals surface area contributed by atoms with Gasteiger partial charge < -0.3 is 16.0 Å². The molecule has 0 aromatic heterocycles. The van der Waals surface area contributed by atoms with Gasteiger partial charge in [-0.2, -0.15) is 0 Å². The lowest BCUT2D eigenvalue weighted by Crippen LogP contribution is -2.29. The summed E-state index contributed by atoms with van der Waals surface area (Å²) in [5.74, 6) is 0.167. The summed E-state index contributed by atoms with van der Waals surface area (Å²) in [4.78, 5) is 14.0. The SMILES string of the molecule is NC(=S)CCCCN1CCNC(=O)CC1. The van der Waals surface area contributed by atoms with Gasteiger partial charge in [-0.25, -0.2) is 0 Å². The molecule has 0 aromatic rings. The molecule has 1 aliphatic heterocycles. The van der Waals surface area contributed by atoms with E-state index < -0.39 is 0 Å². The van der Waals surface area contributed by atoms with Crippen LogP contribution in [0.3, 0.4) is 0 Å². The summed E-state index contributed by atoms with van der Waals surface area (Å²) in [6.07, 6.45) is 3.61. The molecule has 0 aromatic carbocycles. The molecule has 0 atom stereocenters. The number of nitrogens with two attached hydrogens (primary N) is 1. The first-order valence-electron chi connectivity index (χ1n) is 5.46. The van der Waals surface area contributed by atoms with Crippen molar-refractivity contribution in [3.05, 3.63) is 0 Å². The van der Waals surface area contributed by atoms with Gasteiger partial charge in [-0.1, -0.05) is 12.2 Å². The summed E-state index contributed by atoms with van der Waals surface area (Å²) < 4.78 is 0. The Morgan fingerprint density at radius 2 is 2.27 bits per heavy atom. The fraction of sp³-hybridized carbons (Fsp3) is 0.800. The molecule has 1 heterocycles. The smallest absolute Gasteiger partial charge is 0.221 e. The molecule has 5 heteroatoms. The number of carbonyl (C=O) groups excluding carboxylic acids is 1. The molecule has 1 rings (SSSR count). The van der Waals surface area contributed by atoms with E-state index in [0.717, 1.165) is 45.4 Å². The lowest BCUT2D eigenvalue weighted by Gasteiger charge is -2.18. The molecule has 3 N–H and O–H groups in total. The number of hydrogen-bond donors (Lipinski definition) is 2. The van der Waals surface area contributed by atoms with Gasteiger partial charge in [0.25, 0.3) is 0 Å². The predicted molar refractivity (Wildman–Crippen MR) is 64.7 cm³/mol. The third kappa shape index (κ3) is 5.69. The Morgan fingerprint density at radius 1 is 1.47 bits per heavy atom. The number of unbranched alkanes of at least 4 members (excludes halogenated alkanes) is 1. The van der Waals surface area contributed by atoms with Gasteiger partial charge in [-0.3, -0.25) is 4.79 Å². The topological polar surface area (TPSA) is 58.4 Å². The second-order valence-electron chi connectivity index (χ2n) is 3.87. The predicted octanol–water partition coefficient (Wildman–Crippen LogP) is 0.265. The van der Waals surface area contributed by atoms with Crippen LogP contribution in [0.25, 0.3) is 0 Å². The van der Waals surface area contributed by atoms with E-state index in [9.17, 15) is 4.79 Å². The van der Waals surface area contributed by atoms with Crippen molar-refractivity contribution in [2.24, 2.45) is 5.73 Å². The third-order valence-corrected chi connectivity index (χ3v) is 2.76. The number of carbonyl (C=O) groups is 1. The van der Waals surface area contributed by atoms with Crippen molar-refractivity contribution in [3.8, 4) is 0 Å². The van der Waals surface area contributed by atoms with E-state index in [2.05, 4.69) is 10.2 Å². The van der Waals surface area contributed by atoms with Crippen LogP contribution in [-0.2, 0) is 4.79 Å². The maximum Gasteiger partial charge on any atom is 0.221 e. The van der Waals surface area contributed by atoms with Crippen LogP contribution in [0.5, 0.6) is 0 Å². The number of thiocarbonyl (C=S) groups is 1. The molecule has 0 bridgehead atoms. The lowest BCUT2D eigenvalue weighted by atomic mass is 10.2. The molecule has 4 nitrogen and oxygen atoms in total. The Morgan fingerprint density at radius 3 is 3.00 bits per heavy atom. The van der Waals surface area contributed by atoms with Gasteiger partial charge in [-0.15, -0.1) is 0 Å². The Bertz CT molecular complexity index is 233. The van der Waals surface area contributed by atoms with Gasteiger partial charge in [0, 0.05) is 26.1 Å². The minimum absolute atomic E-state index is 0.167. The minimum atomic E-state index is 0.167. The minimum Gasteiger partial charge on any atom is -0.393 e. The standard InChI is InChI=1S/C10H19N3OS/c11-9(15)3-1-2-6-13-7-4-10(14)12-5-8-13/h1-8H2,(H2,11,15)(H,12,14). The Balaban J connectivity index is 2.10. The first-order chi connectivity index (χ1) is 7.18. The molecule has 1 aliphatic rings. The molecular weight excluding hydrogens is 210 g/mol.